The van der Waals surface area contributed by atoms with Crippen molar-refractivity contribution in [2.24, 2.45) is 0 Å². The molecule has 2 N–H and O–H groups in total. The van der Waals surface area contributed by atoms with Gasteiger partial charge in [0.15, 0.2) is 5.13 Å². The highest BCUT2D eigenvalue weighted by Crippen LogP contribution is 2.23. The number of hydrogen-bond acceptors (Lipinski definition) is 4. The third-order valence-electron chi connectivity index (χ3n) is 3.25. The van der Waals surface area contributed by atoms with Crippen LogP contribution in [0, 0.1) is 0 Å². The molecule has 2 heterocycles. The zero-order valence-corrected chi connectivity index (χ0v) is 13.0. The minimum absolute atomic E-state index is 0.0260. The molecular formula is C14H13ClN4O2S. The van der Waals surface area contributed by atoms with Crippen molar-refractivity contribution < 1.29 is 9.59 Å². The highest BCUT2D eigenvalue weighted by atomic mass is 35.5. The maximum Gasteiger partial charge on any atom is 0.321 e. The molecule has 0 saturated carbocycles. The van der Waals surface area contributed by atoms with Crippen molar-refractivity contribution >= 4 is 45.7 Å². The van der Waals surface area contributed by atoms with E-state index in [-0.39, 0.29) is 24.4 Å². The maximum atomic E-state index is 12.1. The summed E-state index contributed by atoms with van der Waals surface area (Å²) < 4.78 is 0. The van der Waals surface area contributed by atoms with Crippen LogP contribution in [0.3, 0.4) is 0 Å². The zero-order chi connectivity index (χ0) is 15.5. The first-order valence-electron chi connectivity index (χ1n) is 6.65. The van der Waals surface area contributed by atoms with E-state index in [0.717, 1.165) is 5.69 Å². The van der Waals surface area contributed by atoms with Gasteiger partial charge in [-0.05, 0) is 24.3 Å². The molecule has 8 heteroatoms. The number of urea groups is 1. The number of nitrogens with one attached hydrogen (secondary N) is 2. The van der Waals surface area contributed by atoms with Crippen molar-refractivity contribution in [1.29, 1.82) is 0 Å². The van der Waals surface area contributed by atoms with E-state index in [1.54, 1.807) is 40.7 Å². The number of carbonyl (C=O) groups excluding carboxylic acids is 2. The minimum atomic E-state index is -0.356. The molecule has 1 saturated heterocycles. The van der Waals surface area contributed by atoms with Gasteiger partial charge in [-0.15, -0.1) is 11.3 Å². The summed E-state index contributed by atoms with van der Waals surface area (Å²) in [6.07, 6.45) is 1.88. The third kappa shape index (κ3) is 3.37. The van der Waals surface area contributed by atoms with Gasteiger partial charge in [0.1, 0.15) is 0 Å². The predicted molar refractivity (Wildman–Crippen MR) is 86.5 cm³/mol. The van der Waals surface area contributed by atoms with Gasteiger partial charge in [-0.2, -0.15) is 0 Å². The Kier molecular flexibility index (Phi) is 4.26. The van der Waals surface area contributed by atoms with Crippen molar-refractivity contribution in [1.82, 2.24) is 10.3 Å². The van der Waals surface area contributed by atoms with Crippen LogP contribution in [0.25, 0.3) is 0 Å². The second kappa shape index (κ2) is 6.33. The van der Waals surface area contributed by atoms with Gasteiger partial charge in [0, 0.05) is 35.3 Å². The Bertz CT molecular complexity index is 675. The molecule has 0 bridgehead atoms. The standard InChI is InChI=1S/C14H13ClN4O2S/c15-9-1-3-11(4-2-9)19-8-10(7-12(19)20)17-13(21)18-14-16-5-6-22-14/h1-6,10H,7-8H2,(H2,16,17,18,21). The fraction of sp³-hybridized carbons (Fsp3) is 0.214. The van der Waals surface area contributed by atoms with E-state index in [4.69, 9.17) is 11.6 Å². The number of amides is 3. The van der Waals surface area contributed by atoms with E-state index >= 15 is 0 Å². The average Bonchev–Trinajstić information content (AvgIpc) is 3.10. The van der Waals surface area contributed by atoms with E-state index in [1.807, 2.05) is 0 Å². The molecule has 114 valence electrons. The number of thiazole rings is 1. The molecule has 1 aliphatic heterocycles. The molecule has 6 nitrogen and oxygen atoms in total. The van der Waals surface area contributed by atoms with E-state index in [1.165, 1.54) is 11.3 Å². The first-order valence-corrected chi connectivity index (χ1v) is 7.90. The Hall–Kier alpha value is -2.12. The smallest absolute Gasteiger partial charge is 0.321 e. The van der Waals surface area contributed by atoms with Gasteiger partial charge in [-0.25, -0.2) is 9.78 Å². The van der Waals surface area contributed by atoms with Gasteiger partial charge in [-0.3, -0.25) is 10.1 Å². The lowest BCUT2D eigenvalue weighted by Crippen LogP contribution is -2.39. The molecule has 3 amide bonds. The van der Waals surface area contributed by atoms with E-state index < -0.39 is 0 Å². The van der Waals surface area contributed by atoms with Crippen LogP contribution in [0.1, 0.15) is 6.42 Å². The molecule has 0 aliphatic carbocycles. The minimum Gasteiger partial charge on any atom is -0.333 e. The lowest BCUT2D eigenvalue weighted by molar-refractivity contribution is -0.117. The summed E-state index contributed by atoms with van der Waals surface area (Å²) in [5, 5.41) is 8.34. The number of nitrogens with zero attached hydrogens (tertiary/aromatic N) is 2. The highest BCUT2D eigenvalue weighted by molar-refractivity contribution is 7.13. The molecule has 2 aromatic rings. The quantitative estimate of drug-likeness (QED) is 0.905. The fourth-order valence-electron chi connectivity index (χ4n) is 2.28. The lowest BCUT2D eigenvalue weighted by Gasteiger charge is -2.17. The summed E-state index contributed by atoms with van der Waals surface area (Å²) in [5.74, 6) is -0.0260. The lowest BCUT2D eigenvalue weighted by atomic mass is 10.2. The Balaban J connectivity index is 1.59. The maximum absolute atomic E-state index is 12.1. The molecule has 1 fully saturated rings. The number of aromatic nitrogens is 1. The number of hydrogen-bond donors (Lipinski definition) is 2. The molecule has 1 aromatic carbocycles. The number of anilines is 2. The molecule has 1 atom stereocenters. The van der Waals surface area contributed by atoms with Crippen LogP contribution in [0.15, 0.2) is 35.8 Å². The summed E-state index contributed by atoms with van der Waals surface area (Å²) in [7, 11) is 0. The van der Waals surface area contributed by atoms with Crippen LogP contribution in [-0.4, -0.2) is 29.5 Å². The van der Waals surface area contributed by atoms with Gasteiger partial charge >= 0.3 is 6.03 Å². The van der Waals surface area contributed by atoms with Crippen LogP contribution in [-0.2, 0) is 4.79 Å². The highest BCUT2D eigenvalue weighted by Gasteiger charge is 2.31. The molecule has 1 aliphatic rings. The van der Waals surface area contributed by atoms with Gasteiger partial charge in [0.25, 0.3) is 0 Å². The van der Waals surface area contributed by atoms with Crippen LogP contribution < -0.4 is 15.5 Å². The van der Waals surface area contributed by atoms with Gasteiger partial charge in [-0.1, -0.05) is 11.6 Å². The van der Waals surface area contributed by atoms with Crippen LogP contribution in [0.5, 0.6) is 0 Å². The largest absolute Gasteiger partial charge is 0.333 e. The number of halogens is 1. The second-order valence-electron chi connectivity index (χ2n) is 4.82. The first-order chi connectivity index (χ1) is 10.6. The van der Waals surface area contributed by atoms with Crippen molar-refractivity contribution in [2.45, 2.75) is 12.5 Å². The molecule has 0 spiro atoms. The summed E-state index contributed by atoms with van der Waals surface area (Å²) in [6.45, 7) is 0.436. The molecule has 3 rings (SSSR count). The van der Waals surface area contributed by atoms with Crippen molar-refractivity contribution in [2.75, 3.05) is 16.8 Å². The molecule has 1 aromatic heterocycles. The predicted octanol–water partition coefficient (Wildman–Crippen LogP) is 2.72. The molecular weight excluding hydrogens is 324 g/mol. The number of carbonyl (C=O) groups is 2. The van der Waals surface area contributed by atoms with Gasteiger partial charge in [0.05, 0.1) is 6.04 Å². The van der Waals surface area contributed by atoms with Crippen LogP contribution >= 0.6 is 22.9 Å². The zero-order valence-electron chi connectivity index (χ0n) is 11.5. The number of benzene rings is 1. The Morgan fingerprint density at radius 1 is 1.36 bits per heavy atom. The fourth-order valence-corrected chi connectivity index (χ4v) is 2.93. The van der Waals surface area contributed by atoms with Crippen molar-refractivity contribution in [3.8, 4) is 0 Å². The van der Waals surface area contributed by atoms with Crippen molar-refractivity contribution in [3.05, 3.63) is 40.9 Å². The van der Waals surface area contributed by atoms with Crippen LogP contribution in [0.2, 0.25) is 5.02 Å². The Morgan fingerprint density at radius 3 is 2.82 bits per heavy atom. The summed E-state index contributed by atoms with van der Waals surface area (Å²) in [5.41, 5.74) is 0.777. The van der Waals surface area contributed by atoms with E-state index in [0.29, 0.717) is 16.7 Å². The van der Waals surface area contributed by atoms with E-state index in [2.05, 4.69) is 15.6 Å². The summed E-state index contributed by atoms with van der Waals surface area (Å²) in [6, 6.07) is 6.46. The normalized spacial score (nSPS) is 17.6. The molecule has 22 heavy (non-hydrogen) atoms. The summed E-state index contributed by atoms with van der Waals surface area (Å²) >= 11 is 7.18. The third-order valence-corrected chi connectivity index (χ3v) is 4.19. The monoisotopic (exact) mass is 336 g/mol. The Morgan fingerprint density at radius 2 is 2.14 bits per heavy atom. The molecule has 0 radical (unpaired) electrons. The first kappa shape index (κ1) is 14.8. The van der Waals surface area contributed by atoms with Gasteiger partial charge < -0.3 is 10.2 Å². The topological polar surface area (TPSA) is 74.3 Å². The van der Waals surface area contributed by atoms with E-state index in [9.17, 15) is 9.59 Å². The average molecular weight is 337 g/mol. The SMILES string of the molecule is O=C(Nc1nccs1)NC1CC(=O)N(c2ccc(Cl)cc2)C1. The summed E-state index contributed by atoms with van der Waals surface area (Å²) in [4.78, 5) is 29.6. The van der Waals surface area contributed by atoms with Crippen LogP contribution in [0.4, 0.5) is 15.6 Å². The molecule has 1 unspecified atom stereocenters. The Labute approximate surface area is 136 Å². The second-order valence-corrected chi connectivity index (χ2v) is 6.15. The number of rotatable bonds is 3. The van der Waals surface area contributed by atoms with Crippen molar-refractivity contribution in [3.63, 3.8) is 0 Å². The van der Waals surface area contributed by atoms with Gasteiger partial charge in [0.2, 0.25) is 5.91 Å².